The standard InChI is InChI=1S/C12H19NO/c1-4-5-8-11(14-3)12-10(2)7-6-9-13-12/h6-7,9,11H,4-5,8H2,1-3H3/t11-/m1/s1. The van der Waals surface area contributed by atoms with Gasteiger partial charge in [-0.05, 0) is 25.0 Å². The molecule has 1 atom stereocenters. The second-order valence-electron chi connectivity index (χ2n) is 3.57. The smallest absolute Gasteiger partial charge is 0.0993 e. The molecule has 0 aliphatic rings. The van der Waals surface area contributed by atoms with Crippen molar-refractivity contribution in [3.63, 3.8) is 0 Å². The van der Waals surface area contributed by atoms with Gasteiger partial charge in [0, 0.05) is 13.3 Å². The molecule has 0 bridgehead atoms. The van der Waals surface area contributed by atoms with Crippen LogP contribution < -0.4 is 0 Å². The highest BCUT2D eigenvalue weighted by molar-refractivity contribution is 5.19. The Labute approximate surface area is 86.3 Å². The lowest BCUT2D eigenvalue weighted by atomic mass is 10.1. The monoisotopic (exact) mass is 193 g/mol. The van der Waals surface area contributed by atoms with Crippen LogP contribution in [-0.2, 0) is 4.74 Å². The predicted molar refractivity (Wildman–Crippen MR) is 58.2 cm³/mol. The zero-order chi connectivity index (χ0) is 10.4. The van der Waals surface area contributed by atoms with E-state index in [2.05, 4.69) is 24.9 Å². The van der Waals surface area contributed by atoms with Crippen LogP contribution in [0, 0.1) is 6.92 Å². The SMILES string of the molecule is CCCC[C@@H](OC)c1ncccc1C. The summed E-state index contributed by atoms with van der Waals surface area (Å²) in [6.45, 7) is 4.28. The summed E-state index contributed by atoms with van der Waals surface area (Å²) < 4.78 is 5.46. The summed E-state index contributed by atoms with van der Waals surface area (Å²) in [7, 11) is 1.76. The van der Waals surface area contributed by atoms with Crippen molar-refractivity contribution in [2.75, 3.05) is 7.11 Å². The molecule has 1 heterocycles. The molecular weight excluding hydrogens is 174 g/mol. The van der Waals surface area contributed by atoms with Crippen molar-refractivity contribution in [3.05, 3.63) is 29.6 Å². The van der Waals surface area contributed by atoms with Gasteiger partial charge in [0.15, 0.2) is 0 Å². The molecule has 0 saturated heterocycles. The highest BCUT2D eigenvalue weighted by atomic mass is 16.5. The van der Waals surface area contributed by atoms with Crippen LogP contribution in [0.5, 0.6) is 0 Å². The molecule has 1 rings (SSSR count). The minimum atomic E-state index is 0.163. The van der Waals surface area contributed by atoms with Gasteiger partial charge in [-0.2, -0.15) is 0 Å². The third-order valence-corrected chi connectivity index (χ3v) is 2.46. The van der Waals surface area contributed by atoms with Crippen molar-refractivity contribution in [1.29, 1.82) is 0 Å². The van der Waals surface area contributed by atoms with Gasteiger partial charge < -0.3 is 4.74 Å². The van der Waals surface area contributed by atoms with Crippen LogP contribution in [0.4, 0.5) is 0 Å². The van der Waals surface area contributed by atoms with E-state index in [1.54, 1.807) is 7.11 Å². The molecule has 0 saturated carbocycles. The van der Waals surface area contributed by atoms with E-state index in [4.69, 9.17) is 4.74 Å². The second kappa shape index (κ2) is 5.76. The Morgan fingerprint density at radius 1 is 1.50 bits per heavy atom. The van der Waals surface area contributed by atoms with Crippen LogP contribution in [0.15, 0.2) is 18.3 Å². The van der Waals surface area contributed by atoms with Gasteiger partial charge in [0.1, 0.15) is 0 Å². The molecule has 0 spiro atoms. The fraction of sp³-hybridized carbons (Fsp3) is 0.583. The van der Waals surface area contributed by atoms with E-state index in [1.165, 1.54) is 18.4 Å². The fourth-order valence-corrected chi connectivity index (χ4v) is 1.59. The van der Waals surface area contributed by atoms with E-state index < -0.39 is 0 Å². The molecule has 0 aliphatic heterocycles. The summed E-state index contributed by atoms with van der Waals surface area (Å²) >= 11 is 0. The molecule has 1 aromatic heterocycles. The average Bonchev–Trinajstić information content (AvgIpc) is 2.21. The van der Waals surface area contributed by atoms with E-state index in [9.17, 15) is 0 Å². The topological polar surface area (TPSA) is 22.1 Å². The number of hydrogen-bond acceptors (Lipinski definition) is 2. The lowest BCUT2D eigenvalue weighted by molar-refractivity contribution is 0.0895. The molecular formula is C12H19NO. The van der Waals surface area contributed by atoms with E-state index in [1.807, 2.05) is 12.3 Å². The number of aromatic nitrogens is 1. The highest BCUT2D eigenvalue weighted by Gasteiger charge is 2.12. The van der Waals surface area contributed by atoms with Gasteiger partial charge in [0.25, 0.3) is 0 Å². The minimum Gasteiger partial charge on any atom is -0.375 e. The first kappa shape index (κ1) is 11.2. The Balaban J connectivity index is 2.73. The summed E-state index contributed by atoms with van der Waals surface area (Å²) in [5, 5.41) is 0. The Hall–Kier alpha value is -0.890. The van der Waals surface area contributed by atoms with Gasteiger partial charge in [0.05, 0.1) is 11.8 Å². The predicted octanol–water partition coefficient (Wildman–Crippen LogP) is 3.27. The molecule has 14 heavy (non-hydrogen) atoms. The molecule has 2 heteroatoms. The number of rotatable bonds is 5. The molecule has 0 fully saturated rings. The normalized spacial score (nSPS) is 12.8. The van der Waals surface area contributed by atoms with Gasteiger partial charge in [0.2, 0.25) is 0 Å². The van der Waals surface area contributed by atoms with E-state index in [-0.39, 0.29) is 6.10 Å². The van der Waals surface area contributed by atoms with Crippen molar-refractivity contribution in [3.8, 4) is 0 Å². The first-order chi connectivity index (χ1) is 6.79. The van der Waals surface area contributed by atoms with Crippen LogP contribution >= 0.6 is 0 Å². The van der Waals surface area contributed by atoms with E-state index in [0.717, 1.165) is 12.1 Å². The van der Waals surface area contributed by atoms with Crippen molar-refractivity contribution in [1.82, 2.24) is 4.98 Å². The maximum Gasteiger partial charge on any atom is 0.0993 e. The van der Waals surface area contributed by atoms with Crippen molar-refractivity contribution >= 4 is 0 Å². The number of unbranched alkanes of at least 4 members (excludes halogenated alkanes) is 1. The summed E-state index contributed by atoms with van der Waals surface area (Å²) in [4.78, 5) is 4.38. The lowest BCUT2D eigenvalue weighted by Gasteiger charge is -2.16. The van der Waals surface area contributed by atoms with E-state index >= 15 is 0 Å². The quantitative estimate of drug-likeness (QED) is 0.716. The Bertz CT molecular complexity index is 273. The van der Waals surface area contributed by atoms with Crippen LogP contribution in [0.1, 0.15) is 43.5 Å². The second-order valence-corrected chi connectivity index (χ2v) is 3.57. The Morgan fingerprint density at radius 3 is 2.86 bits per heavy atom. The average molecular weight is 193 g/mol. The summed E-state index contributed by atoms with van der Waals surface area (Å²) in [6.07, 6.45) is 5.45. The molecule has 0 aliphatic carbocycles. The minimum absolute atomic E-state index is 0.163. The third-order valence-electron chi connectivity index (χ3n) is 2.46. The zero-order valence-corrected chi connectivity index (χ0v) is 9.29. The van der Waals surface area contributed by atoms with Gasteiger partial charge >= 0.3 is 0 Å². The Morgan fingerprint density at radius 2 is 2.29 bits per heavy atom. The van der Waals surface area contributed by atoms with Crippen LogP contribution in [0.3, 0.4) is 0 Å². The fourth-order valence-electron chi connectivity index (χ4n) is 1.59. The van der Waals surface area contributed by atoms with Gasteiger partial charge in [-0.3, -0.25) is 4.98 Å². The van der Waals surface area contributed by atoms with Crippen LogP contribution in [0.2, 0.25) is 0 Å². The lowest BCUT2D eigenvalue weighted by Crippen LogP contribution is -2.05. The van der Waals surface area contributed by atoms with Crippen LogP contribution in [-0.4, -0.2) is 12.1 Å². The third kappa shape index (κ3) is 2.81. The van der Waals surface area contributed by atoms with Crippen molar-refractivity contribution in [2.45, 2.75) is 39.2 Å². The molecule has 0 amide bonds. The summed E-state index contributed by atoms with van der Waals surface area (Å²) in [5.41, 5.74) is 2.30. The number of ether oxygens (including phenoxy) is 1. The number of methoxy groups -OCH3 is 1. The maximum absolute atomic E-state index is 5.46. The first-order valence-electron chi connectivity index (χ1n) is 5.24. The number of pyridine rings is 1. The van der Waals surface area contributed by atoms with Gasteiger partial charge in [-0.15, -0.1) is 0 Å². The van der Waals surface area contributed by atoms with E-state index in [0.29, 0.717) is 0 Å². The largest absolute Gasteiger partial charge is 0.375 e. The Kier molecular flexibility index (Phi) is 4.60. The number of hydrogen-bond donors (Lipinski definition) is 0. The molecule has 0 N–H and O–H groups in total. The zero-order valence-electron chi connectivity index (χ0n) is 9.29. The molecule has 1 aromatic rings. The molecule has 78 valence electrons. The molecule has 0 unspecified atom stereocenters. The first-order valence-corrected chi connectivity index (χ1v) is 5.24. The van der Waals surface area contributed by atoms with Crippen molar-refractivity contribution < 1.29 is 4.74 Å². The summed E-state index contributed by atoms with van der Waals surface area (Å²) in [5.74, 6) is 0. The molecule has 0 aromatic carbocycles. The van der Waals surface area contributed by atoms with Gasteiger partial charge in [-0.1, -0.05) is 25.8 Å². The number of nitrogens with zero attached hydrogens (tertiary/aromatic N) is 1. The van der Waals surface area contributed by atoms with Crippen LogP contribution in [0.25, 0.3) is 0 Å². The maximum atomic E-state index is 5.46. The summed E-state index contributed by atoms with van der Waals surface area (Å²) in [6, 6.07) is 4.05. The molecule has 2 nitrogen and oxygen atoms in total. The van der Waals surface area contributed by atoms with Gasteiger partial charge in [-0.25, -0.2) is 0 Å². The highest BCUT2D eigenvalue weighted by Crippen LogP contribution is 2.23. The van der Waals surface area contributed by atoms with Crippen molar-refractivity contribution in [2.24, 2.45) is 0 Å². The number of aryl methyl sites for hydroxylation is 1. The molecule has 0 radical (unpaired) electrons.